The third-order valence-corrected chi connectivity index (χ3v) is 5.35. The smallest absolute Gasteiger partial charge is 0.193 e. The molecule has 1 unspecified atom stereocenters. The summed E-state index contributed by atoms with van der Waals surface area (Å²) < 4.78 is 13.9. The molecule has 0 amide bonds. The molecular weight excluding hydrogens is 469 g/mol. The fourth-order valence-corrected chi connectivity index (χ4v) is 3.78. The van der Waals surface area contributed by atoms with Gasteiger partial charge in [0.15, 0.2) is 5.96 Å². The molecule has 0 radical (unpaired) electrons. The Bertz CT molecular complexity index is 581. The minimum Gasteiger partial charge on any atom is -0.376 e. The maximum absolute atomic E-state index is 6.11. The monoisotopic (exact) mass is 505 g/mol. The molecule has 1 N–H and O–H groups in total. The average Bonchev–Trinajstić information content (AvgIpc) is 3.13. The number of piperidine rings is 1. The second-order valence-corrected chi connectivity index (χ2v) is 7.62. The van der Waals surface area contributed by atoms with Crippen molar-refractivity contribution < 1.29 is 9.47 Å². The Kier molecular flexibility index (Phi) is 10.6. The Morgan fingerprint density at radius 3 is 2.79 bits per heavy atom. The minimum atomic E-state index is 0. The molecule has 0 spiro atoms. The molecule has 3 heterocycles. The molecule has 2 aliphatic heterocycles. The van der Waals surface area contributed by atoms with Crippen LogP contribution in [-0.4, -0.2) is 72.7 Å². The van der Waals surface area contributed by atoms with Crippen molar-refractivity contribution in [3.8, 4) is 0 Å². The van der Waals surface area contributed by atoms with Crippen LogP contribution in [0.4, 0.5) is 0 Å². The number of nitrogens with zero attached hydrogens (tertiary/aromatic N) is 4. The highest BCUT2D eigenvalue weighted by molar-refractivity contribution is 14.0. The molecule has 3 rings (SSSR count). The summed E-state index contributed by atoms with van der Waals surface area (Å²) in [7, 11) is 1.86. The summed E-state index contributed by atoms with van der Waals surface area (Å²) in [6.07, 6.45) is 11.4. The molecule has 2 aliphatic rings. The topological polar surface area (TPSA) is 63.9 Å². The van der Waals surface area contributed by atoms with E-state index in [4.69, 9.17) is 9.47 Å². The van der Waals surface area contributed by atoms with E-state index in [0.29, 0.717) is 12.2 Å². The van der Waals surface area contributed by atoms with Crippen LogP contribution >= 0.6 is 24.0 Å². The molecule has 0 aromatic carbocycles. The fraction of sp³-hybridized carbons (Fsp3) is 0.800. The fourth-order valence-electron chi connectivity index (χ4n) is 3.78. The van der Waals surface area contributed by atoms with Gasteiger partial charge in [0, 0.05) is 46.0 Å². The Morgan fingerprint density at radius 1 is 1.32 bits per heavy atom. The van der Waals surface area contributed by atoms with E-state index in [1.807, 2.05) is 17.9 Å². The van der Waals surface area contributed by atoms with E-state index in [9.17, 15) is 0 Å². The maximum Gasteiger partial charge on any atom is 0.193 e. The van der Waals surface area contributed by atoms with Crippen LogP contribution in [0.25, 0.3) is 0 Å². The molecule has 160 valence electrons. The van der Waals surface area contributed by atoms with Crippen LogP contribution < -0.4 is 5.32 Å². The van der Waals surface area contributed by atoms with E-state index in [1.54, 1.807) is 0 Å². The number of rotatable bonds is 7. The molecule has 0 bridgehead atoms. The molecule has 1 aromatic heterocycles. The van der Waals surface area contributed by atoms with Gasteiger partial charge in [-0.3, -0.25) is 9.67 Å². The average molecular weight is 505 g/mol. The van der Waals surface area contributed by atoms with Crippen molar-refractivity contribution in [1.29, 1.82) is 0 Å². The van der Waals surface area contributed by atoms with Crippen LogP contribution in [0, 0.1) is 6.92 Å². The number of ether oxygens (including phenoxy) is 2. The maximum atomic E-state index is 6.11. The number of guanidine groups is 1. The van der Waals surface area contributed by atoms with Gasteiger partial charge in [0.1, 0.15) is 0 Å². The van der Waals surface area contributed by atoms with Crippen LogP contribution in [0.3, 0.4) is 0 Å². The van der Waals surface area contributed by atoms with Crippen molar-refractivity contribution in [3.63, 3.8) is 0 Å². The lowest BCUT2D eigenvalue weighted by Crippen LogP contribution is -2.47. The van der Waals surface area contributed by atoms with Gasteiger partial charge in [-0.2, -0.15) is 5.10 Å². The van der Waals surface area contributed by atoms with E-state index < -0.39 is 0 Å². The van der Waals surface area contributed by atoms with Crippen molar-refractivity contribution in [1.82, 2.24) is 20.0 Å². The lowest BCUT2D eigenvalue weighted by atomic mass is 10.1. The first-order valence-electron chi connectivity index (χ1n) is 10.4. The molecular formula is C20H36IN5O2. The minimum absolute atomic E-state index is 0. The summed E-state index contributed by atoms with van der Waals surface area (Å²) >= 11 is 0. The highest BCUT2D eigenvalue weighted by atomic mass is 127. The molecule has 7 nitrogen and oxygen atoms in total. The van der Waals surface area contributed by atoms with Gasteiger partial charge in [-0.05, 0) is 51.0 Å². The van der Waals surface area contributed by atoms with Gasteiger partial charge in [-0.15, -0.1) is 24.0 Å². The summed E-state index contributed by atoms with van der Waals surface area (Å²) in [6, 6.07) is 0. The Morgan fingerprint density at radius 2 is 2.14 bits per heavy atom. The van der Waals surface area contributed by atoms with Crippen molar-refractivity contribution in [2.75, 3.05) is 39.9 Å². The molecule has 0 aliphatic carbocycles. The molecule has 28 heavy (non-hydrogen) atoms. The number of likely N-dealkylation sites (tertiary alicyclic amines) is 1. The number of nitrogens with one attached hydrogen (secondary N) is 1. The van der Waals surface area contributed by atoms with Gasteiger partial charge in [-0.1, -0.05) is 0 Å². The number of aromatic nitrogens is 2. The van der Waals surface area contributed by atoms with Gasteiger partial charge >= 0.3 is 0 Å². The largest absolute Gasteiger partial charge is 0.376 e. The summed E-state index contributed by atoms with van der Waals surface area (Å²) in [5, 5.41) is 7.82. The lowest BCUT2D eigenvalue weighted by molar-refractivity contribution is -0.0721. The second-order valence-electron chi connectivity index (χ2n) is 7.62. The second kappa shape index (κ2) is 12.6. The lowest BCUT2D eigenvalue weighted by Gasteiger charge is -2.35. The summed E-state index contributed by atoms with van der Waals surface area (Å²) in [5.74, 6) is 1.00. The normalized spacial score (nSPS) is 21.4. The first-order valence-corrected chi connectivity index (χ1v) is 10.4. The highest BCUT2D eigenvalue weighted by Crippen LogP contribution is 2.17. The van der Waals surface area contributed by atoms with E-state index in [2.05, 4.69) is 33.4 Å². The Labute approximate surface area is 186 Å². The van der Waals surface area contributed by atoms with Crippen LogP contribution in [-0.2, 0) is 16.0 Å². The van der Waals surface area contributed by atoms with Crippen LogP contribution in [0.1, 0.15) is 44.1 Å². The van der Waals surface area contributed by atoms with Crippen molar-refractivity contribution in [2.45, 2.75) is 64.2 Å². The summed E-state index contributed by atoms with van der Waals surface area (Å²) in [5.41, 5.74) is 1.21. The van der Waals surface area contributed by atoms with E-state index in [-0.39, 0.29) is 24.0 Å². The number of aliphatic imine (C=N–C) groups is 1. The molecule has 8 heteroatoms. The van der Waals surface area contributed by atoms with E-state index >= 15 is 0 Å². The van der Waals surface area contributed by atoms with Crippen LogP contribution in [0.5, 0.6) is 0 Å². The van der Waals surface area contributed by atoms with Gasteiger partial charge in [0.05, 0.1) is 25.0 Å². The van der Waals surface area contributed by atoms with Gasteiger partial charge in [0.2, 0.25) is 0 Å². The predicted octanol–water partition coefficient (Wildman–Crippen LogP) is 2.83. The summed E-state index contributed by atoms with van der Waals surface area (Å²) in [4.78, 5) is 6.80. The molecule has 0 saturated carbocycles. The zero-order valence-corrected chi connectivity index (χ0v) is 19.6. The SMILES string of the molecule is CN=C(NCCCn1cc(C)cn1)N1CCC(OCC2CCCCO2)CC1.I. The number of aryl methyl sites for hydroxylation is 2. The Hall–Kier alpha value is -0.870. The molecule has 1 atom stereocenters. The third kappa shape index (κ3) is 7.51. The number of hydrogen-bond donors (Lipinski definition) is 1. The van der Waals surface area contributed by atoms with Crippen LogP contribution in [0.2, 0.25) is 0 Å². The quantitative estimate of drug-likeness (QED) is 0.267. The zero-order valence-electron chi connectivity index (χ0n) is 17.3. The first kappa shape index (κ1) is 23.4. The van der Waals surface area contributed by atoms with Crippen molar-refractivity contribution in [3.05, 3.63) is 18.0 Å². The van der Waals surface area contributed by atoms with Crippen molar-refractivity contribution in [2.24, 2.45) is 4.99 Å². The summed E-state index contributed by atoms with van der Waals surface area (Å²) in [6.45, 7) is 7.54. The van der Waals surface area contributed by atoms with Gasteiger partial charge < -0.3 is 19.7 Å². The standard InChI is InChI=1S/C20H35N5O2.HI/c1-17-14-23-25(15-17)10-5-9-22-20(21-2)24-11-7-18(8-12-24)27-16-19-6-3-4-13-26-19;/h14-15,18-19H,3-13,16H2,1-2H3,(H,21,22);1H. The van der Waals surface area contributed by atoms with Crippen LogP contribution in [0.15, 0.2) is 17.4 Å². The van der Waals surface area contributed by atoms with Gasteiger partial charge in [-0.25, -0.2) is 0 Å². The van der Waals surface area contributed by atoms with E-state index in [0.717, 1.165) is 71.0 Å². The van der Waals surface area contributed by atoms with E-state index in [1.165, 1.54) is 18.4 Å². The molecule has 1 aromatic rings. The molecule has 2 fully saturated rings. The molecule has 2 saturated heterocycles. The van der Waals surface area contributed by atoms with Crippen molar-refractivity contribution >= 4 is 29.9 Å². The highest BCUT2D eigenvalue weighted by Gasteiger charge is 2.23. The zero-order chi connectivity index (χ0) is 18.9. The predicted molar refractivity (Wildman–Crippen MR) is 122 cm³/mol. The first-order chi connectivity index (χ1) is 13.2. The number of halogens is 1. The number of hydrogen-bond acceptors (Lipinski definition) is 4. The third-order valence-electron chi connectivity index (χ3n) is 5.35. The van der Waals surface area contributed by atoms with Gasteiger partial charge in [0.25, 0.3) is 0 Å². The Balaban J connectivity index is 0.00000280.